The third-order valence-corrected chi connectivity index (χ3v) is 5.44. The fourth-order valence-corrected chi connectivity index (χ4v) is 3.82. The van der Waals surface area contributed by atoms with Crippen molar-refractivity contribution in [2.24, 2.45) is 5.92 Å². The van der Waals surface area contributed by atoms with Crippen molar-refractivity contribution < 1.29 is 14.0 Å². The zero-order valence-corrected chi connectivity index (χ0v) is 20.1. The van der Waals surface area contributed by atoms with Gasteiger partial charge in [0.05, 0.1) is 14.2 Å². The Bertz CT molecular complexity index is 1040. The first-order chi connectivity index (χ1) is 15.4. The van der Waals surface area contributed by atoms with Gasteiger partial charge in [0.25, 0.3) is 0 Å². The molecule has 2 aromatic carbocycles. The van der Waals surface area contributed by atoms with E-state index in [1.165, 1.54) is 11.4 Å². The molecule has 3 nitrogen and oxygen atoms in total. The highest BCUT2D eigenvalue weighted by atomic mass is 16.5. The van der Waals surface area contributed by atoms with Gasteiger partial charge in [-0.1, -0.05) is 26.0 Å². The van der Waals surface area contributed by atoms with Crippen LogP contribution >= 0.6 is 0 Å². The minimum Gasteiger partial charge on any atom is -0.496 e. The van der Waals surface area contributed by atoms with Gasteiger partial charge in [-0.2, -0.15) is 4.57 Å². The van der Waals surface area contributed by atoms with Crippen molar-refractivity contribution in [2.45, 2.75) is 34.2 Å². The van der Waals surface area contributed by atoms with Crippen LogP contribution in [-0.4, -0.2) is 14.2 Å². The predicted molar refractivity (Wildman–Crippen MR) is 135 cm³/mol. The molecule has 32 heavy (non-hydrogen) atoms. The maximum atomic E-state index is 5.38. The van der Waals surface area contributed by atoms with E-state index in [4.69, 9.17) is 9.47 Å². The van der Waals surface area contributed by atoms with Crippen LogP contribution < -0.4 is 14.0 Å². The lowest BCUT2D eigenvalue weighted by molar-refractivity contribution is -0.705. The SMILES string of the molecule is COc1ccc(/C=C/c2cccc(/C=C/c3ccc(OC)c(C)c3)[n+]2CC(C)C)cc1C. The average molecular weight is 429 g/mol. The highest BCUT2D eigenvalue weighted by Crippen LogP contribution is 2.21. The van der Waals surface area contributed by atoms with Crippen LogP contribution in [0, 0.1) is 19.8 Å². The van der Waals surface area contributed by atoms with Gasteiger partial charge in [0.1, 0.15) is 11.5 Å². The van der Waals surface area contributed by atoms with Gasteiger partial charge in [-0.3, -0.25) is 0 Å². The normalized spacial score (nSPS) is 11.6. The van der Waals surface area contributed by atoms with Gasteiger partial charge in [-0.25, -0.2) is 0 Å². The summed E-state index contributed by atoms with van der Waals surface area (Å²) in [5, 5.41) is 0. The van der Waals surface area contributed by atoms with Crippen LogP contribution in [0.4, 0.5) is 0 Å². The summed E-state index contributed by atoms with van der Waals surface area (Å²) < 4.78 is 13.1. The van der Waals surface area contributed by atoms with Gasteiger partial charge < -0.3 is 9.47 Å². The van der Waals surface area contributed by atoms with Crippen LogP contribution in [0.1, 0.15) is 47.5 Å². The lowest BCUT2D eigenvalue weighted by Crippen LogP contribution is -2.42. The molecule has 0 aliphatic carbocycles. The number of hydrogen-bond donors (Lipinski definition) is 0. The monoisotopic (exact) mass is 428 g/mol. The first-order valence-electron chi connectivity index (χ1n) is 11.1. The standard InChI is InChI=1S/C29H34NO2/c1-21(2)20-30-26(14-10-24-12-16-28(31-5)22(3)18-24)8-7-9-27(30)15-11-25-13-17-29(32-6)23(4)19-25/h7-19,21H,20H2,1-6H3/q+1/b14-10+,15-11+. The zero-order chi connectivity index (χ0) is 23.1. The van der Waals surface area contributed by atoms with Crippen LogP contribution in [0.2, 0.25) is 0 Å². The topological polar surface area (TPSA) is 22.3 Å². The van der Waals surface area contributed by atoms with E-state index in [1.54, 1.807) is 14.2 Å². The Hall–Kier alpha value is -3.33. The molecule has 3 rings (SSSR count). The van der Waals surface area contributed by atoms with E-state index in [0.29, 0.717) is 5.92 Å². The Morgan fingerprint density at radius 1 is 0.719 bits per heavy atom. The highest BCUT2D eigenvalue weighted by Gasteiger charge is 2.15. The van der Waals surface area contributed by atoms with Crippen LogP contribution in [0.25, 0.3) is 24.3 Å². The lowest BCUT2D eigenvalue weighted by atomic mass is 10.1. The molecule has 0 saturated heterocycles. The molecule has 166 valence electrons. The summed E-state index contributed by atoms with van der Waals surface area (Å²) in [7, 11) is 3.41. The summed E-state index contributed by atoms with van der Waals surface area (Å²) >= 11 is 0. The van der Waals surface area contributed by atoms with Crippen molar-refractivity contribution in [3.05, 3.63) is 88.2 Å². The Kier molecular flexibility index (Phi) is 7.88. The maximum absolute atomic E-state index is 5.38. The number of methoxy groups -OCH3 is 2. The van der Waals surface area contributed by atoms with Crippen molar-refractivity contribution in [1.82, 2.24) is 0 Å². The molecule has 0 fully saturated rings. The second kappa shape index (κ2) is 10.8. The first-order valence-corrected chi connectivity index (χ1v) is 11.1. The van der Waals surface area contributed by atoms with Crippen molar-refractivity contribution in [2.75, 3.05) is 14.2 Å². The molecule has 0 radical (unpaired) electrons. The highest BCUT2D eigenvalue weighted by molar-refractivity contribution is 5.70. The van der Waals surface area contributed by atoms with Gasteiger partial charge in [0.2, 0.25) is 11.4 Å². The molecular weight excluding hydrogens is 394 g/mol. The Morgan fingerprint density at radius 2 is 1.19 bits per heavy atom. The van der Waals surface area contributed by atoms with Crippen LogP contribution in [0.5, 0.6) is 11.5 Å². The molecule has 3 heteroatoms. The second-order valence-electron chi connectivity index (χ2n) is 8.50. The van der Waals surface area contributed by atoms with E-state index in [1.807, 2.05) is 12.1 Å². The summed E-state index contributed by atoms with van der Waals surface area (Å²) in [6.07, 6.45) is 8.72. The van der Waals surface area contributed by atoms with E-state index < -0.39 is 0 Å². The van der Waals surface area contributed by atoms with Gasteiger partial charge in [-0.15, -0.1) is 0 Å². The lowest BCUT2D eigenvalue weighted by Gasteiger charge is -2.08. The molecule has 0 aliphatic rings. The number of ether oxygens (including phenoxy) is 2. The Morgan fingerprint density at radius 3 is 1.56 bits per heavy atom. The molecule has 0 spiro atoms. The number of benzene rings is 2. The summed E-state index contributed by atoms with van der Waals surface area (Å²) in [5.41, 5.74) is 6.95. The molecule has 0 unspecified atom stereocenters. The number of rotatable bonds is 8. The summed E-state index contributed by atoms with van der Waals surface area (Å²) in [5.74, 6) is 2.36. The van der Waals surface area contributed by atoms with E-state index in [2.05, 4.69) is 99.0 Å². The van der Waals surface area contributed by atoms with Gasteiger partial charge in [-0.05, 0) is 78.6 Å². The van der Waals surface area contributed by atoms with Crippen LogP contribution in [-0.2, 0) is 6.54 Å². The molecule has 0 bridgehead atoms. The van der Waals surface area contributed by atoms with Crippen molar-refractivity contribution in [3.8, 4) is 11.5 Å². The van der Waals surface area contributed by atoms with Crippen LogP contribution in [0.3, 0.4) is 0 Å². The zero-order valence-electron chi connectivity index (χ0n) is 20.1. The number of pyridine rings is 1. The fraction of sp³-hybridized carbons (Fsp3) is 0.276. The molecule has 0 saturated carbocycles. The summed E-state index contributed by atoms with van der Waals surface area (Å²) in [4.78, 5) is 0. The largest absolute Gasteiger partial charge is 0.496 e. The summed E-state index contributed by atoms with van der Waals surface area (Å²) in [6, 6.07) is 19.0. The minimum atomic E-state index is 0.535. The third kappa shape index (κ3) is 5.88. The number of aryl methyl sites for hydroxylation is 2. The Labute approximate surface area is 192 Å². The fourth-order valence-electron chi connectivity index (χ4n) is 3.82. The summed E-state index contributed by atoms with van der Waals surface area (Å²) in [6.45, 7) is 9.59. The van der Waals surface area contributed by atoms with Crippen molar-refractivity contribution in [3.63, 3.8) is 0 Å². The van der Waals surface area contributed by atoms with Gasteiger partial charge >= 0.3 is 0 Å². The quantitative estimate of drug-likeness (QED) is 0.377. The second-order valence-corrected chi connectivity index (χ2v) is 8.50. The number of aromatic nitrogens is 1. The van der Waals surface area contributed by atoms with E-state index >= 15 is 0 Å². The van der Waals surface area contributed by atoms with E-state index in [9.17, 15) is 0 Å². The third-order valence-electron chi connectivity index (χ3n) is 5.44. The number of nitrogens with zero attached hydrogens (tertiary/aromatic N) is 1. The molecule has 0 aliphatic heterocycles. The Balaban J connectivity index is 1.93. The first kappa shape index (κ1) is 23.3. The van der Waals surface area contributed by atoms with Gasteiger partial charge in [0.15, 0.2) is 6.54 Å². The average Bonchev–Trinajstić information content (AvgIpc) is 2.77. The molecule has 0 N–H and O–H groups in total. The van der Waals surface area contributed by atoms with E-state index in [-0.39, 0.29) is 0 Å². The molecule has 3 aromatic rings. The smallest absolute Gasteiger partial charge is 0.205 e. The van der Waals surface area contributed by atoms with Crippen molar-refractivity contribution in [1.29, 1.82) is 0 Å². The van der Waals surface area contributed by atoms with Gasteiger partial charge in [0, 0.05) is 30.2 Å². The minimum absolute atomic E-state index is 0.535. The number of hydrogen-bond acceptors (Lipinski definition) is 2. The molecular formula is C29H34NO2+. The molecule has 0 atom stereocenters. The molecule has 0 amide bonds. The predicted octanol–water partition coefficient (Wildman–Crippen LogP) is 6.60. The van der Waals surface area contributed by atoms with Crippen LogP contribution in [0.15, 0.2) is 54.6 Å². The van der Waals surface area contributed by atoms with E-state index in [0.717, 1.165) is 40.3 Å². The van der Waals surface area contributed by atoms with Crippen molar-refractivity contribution >= 4 is 24.3 Å². The molecule has 1 heterocycles. The molecule has 1 aromatic heterocycles. The maximum Gasteiger partial charge on any atom is 0.205 e.